The largest absolute Gasteiger partial charge is 0.312 e. The van der Waals surface area contributed by atoms with Crippen LogP contribution in [0.5, 0.6) is 0 Å². The molecule has 0 heterocycles. The molecule has 0 aromatic heterocycles. The average molecular weight is 269 g/mol. The summed E-state index contributed by atoms with van der Waals surface area (Å²) >= 11 is 1.61. The summed E-state index contributed by atoms with van der Waals surface area (Å²) in [5.74, 6) is 0.527. The number of hydrogen-bond donors (Lipinski definition) is 1. The predicted octanol–water partition coefficient (Wildman–Crippen LogP) is 4.46. The molecule has 1 N–H and O–H groups in total. The topological polar surface area (TPSA) is 12.0 Å². The molecule has 0 spiro atoms. The van der Waals surface area contributed by atoms with Gasteiger partial charge in [-0.05, 0) is 36.6 Å². The van der Waals surface area contributed by atoms with Gasteiger partial charge in [-0.1, -0.05) is 33.8 Å². The standard InChI is InChI=1S/C15H24FNS/c1-5-12(4)18-15-7-6-13(8-14(15)16)10-17-9-11(2)3/h6-8,11-12,17H,5,9-10H2,1-4H3. The molecule has 0 bridgehead atoms. The van der Waals surface area contributed by atoms with Crippen LogP contribution in [-0.4, -0.2) is 11.8 Å². The van der Waals surface area contributed by atoms with Crippen LogP contribution in [0.25, 0.3) is 0 Å². The van der Waals surface area contributed by atoms with E-state index in [0.29, 0.717) is 11.2 Å². The van der Waals surface area contributed by atoms with E-state index in [2.05, 4.69) is 33.0 Å². The number of halogens is 1. The molecule has 0 saturated carbocycles. The second-order valence-corrected chi connectivity index (χ2v) is 6.61. The van der Waals surface area contributed by atoms with Gasteiger partial charge in [0.25, 0.3) is 0 Å². The van der Waals surface area contributed by atoms with E-state index in [0.717, 1.165) is 30.0 Å². The molecule has 1 unspecified atom stereocenters. The lowest BCUT2D eigenvalue weighted by atomic mass is 10.2. The third-order valence-corrected chi connectivity index (χ3v) is 4.10. The van der Waals surface area contributed by atoms with Crippen molar-refractivity contribution in [2.75, 3.05) is 6.54 Å². The lowest BCUT2D eigenvalue weighted by molar-refractivity contribution is 0.548. The van der Waals surface area contributed by atoms with Gasteiger partial charge in [-0.25, -0.2) is 4.39 Å². The maximum absolute atomic E-state index is 13.9. The number of nitrogens with one attached hydrogen (secondary N) is 1. The minimum Gasteiger partial charge on any atom is -0.312 e. The van der Waals surface area contributed by atoms with Crippen LogP contribution in [0, 0.1) is 11.7 Å². The van der Waals surface area contributed by atoms with Crippen molar-refractivity contribution in [3.63, 3.8) is 0 Å². The highest BCUT2D eigenvalue weighted by atomic mass is 32.2. The van der Waals surface area contributed by atoms with E-state index in [1.165, 1.54) is 0 Å². The fourth-order valence-corrected chi connectivity index (χ4v) is 2.47. The molecule has 3 heteroatoms. The molecular weight excluding hydrogens is 245 g/mol. The minimum absolute atomic E-state index is 0.0934. The Balaban J connectivity index is 2.56. The first kappa shape index (κ1) is 15.5. The van der Waals surface area contributed by atoms with E-state index in [4.69, 9.17) is 0 Å². The predicted molar refractivity (Wildman–Crippen MR) is 78.6 cm³/mol. The zero-order valence-electron chi connectivity index (χ0n) is 11.8. The van der Waals surface area contributed by atoms with Gasteiger partial charge < -0.3 is 5.32 Å². The van der Waals surface area contributed by atoms with Crippen LogP contribution in [0.15, 0.2) is 23.1 Å². The Bertz CT molecular complexity index is 366. The van der Waals surface area contributed by atoms with Crippen molar-refractivity contribution in [3.05, 3.63) is 29.6 Å². The van der Waals surface area contributed by atoms with Gasteiger partial charge in [0.05, 0.1) is 0 Å². The van der Waals surface area contributed by atoms with E-state index >= 15 is 0 Å². The smallest absolute Gasteiger partial charge is 0.137 e. The monoisotopic (exact) mass is 269 g/mol. The van der Waals surface area contributed by atoms with E-state index in [-0.39, 0.29) is 5.82 Å². The number of benzene rings is 1. The first-order valence-electron chi connectivity index (χ1n) is 6.68. The normalized spacial score (nSPS) is 13.0. The molecule has 1 aromatic rings. The molecule has 1 atom stereocenters. The van der Waals surface area contributed by atoms with E-state index < -0.39 is 0 Å². The molecule has 0 amide bonds. The highest BCUT2D eigenvalue weighted by Gasteiger charge is 2.08. The van der Waals surface area contributed by atoms with Gasteiger partial charge >= 0.3 is 0 Å². The average Bonchev–Trinajstić information content (AvgIpc) is 2.32. The van der Waals surface area contributed by atoms with Crippen LogP contribution in [0.2, 0.25) is 0 Å². The SMILES string of the molecule is CCC(C)Sc1ccc(CNCC(C)C)cc1F. The number of thioether (sulfide) groups is 1. The molecule has 0 aliphatic carbocycles. The Morgan fingerprint density at radius 1 is 1.28 bits per heavy atom. The molecule has 0 fully saturated rings. The number of hydrogen-bond acceptors (Lipinski definition) is 2. The molecule has 0 aliphatic heterocycles. The van der Waals surface area contributed by atoms with Gasteiger partial charge in [-0.3, -0.25) is 0 Å². The lowest BCUT2D eigenvalue weighted by Gasteiger charge is -2.11. The highest BCUT2D eigenvalue weighted by molar-refractivity contribution is 7.99. The summed E-state index contributed by atoms with van der Waals surface area (Å²) in [5, 5.41) is 3.79. The summed E-state index contributed by atoms with van der Waals surface area (Å²) in [6.07, 6.45) is 1.06. The molecule has 0 saturated heterocycles. The fraction of sp³-hybridized carbons (Fsp3) is 0.600. The van der Waals surface area contributed by atoms with Gasteiger partial charge in [-0.2, -0.15) is 0 Å². The summed E-state index contributed by atoms with van der Waals surface area (Å²) in [7, 11) is 0. The van der Waals surface area contributed by atoms with E-state index in [9.17, 15) is 4.39 Å². The summed E-state index contributed by atoms with van der Waals surface area (Å²) in [4.78, 5) is 0.761. The zero-order chi connectivity index (χ0) is 13.5. The second-order valence-electron chi connectivity index (χ2n) is 5.13. The molecule has 18 heavy (non-hydrogen) atoms. The summed E-state index contributed by atoms with van der Waals surface area (Å²) in [6.45, 7) is 10.3. The van der Waals surface area contributed by atoms with Crippen molar-refractivity contribution >= 4 is 11.8 Å². The lowest BCUT2D eigenvalue weighted by Crippen LogP contribution is -2.19. The van der Waals surface area contributed by atoms with Gasteiger partial charge in [0.15, 0.2) is 0 Å². The summed E-state index contributed by atoms with van der Waals surface area (Å²) < 4.78 is 13.9. The maximum atomic E-state index is 13.9. The van der Waals surface area contributed by atoms with Crippen molar-refractivity contribution in [3.8, 4) is 0 Å². The van der Waals surface area contributed by atoms with Crippen LogP contribution in [0.1, 0.15) is 39.7 Å². The Morgan fingerprint density at radius 2 is 2.00 bits per heavy atom. The first-order chi connectivity index (χ1) is 8.52. The van der Waals surface area contributed by atoms with Crippen LogP contribution < -0.4 is 5.32 Å². The van der Waals surface area contributed by atoms with Gasteiger partial charge in [0.1, 0.15) is 5.82 Å². The third kappa shape index (κ3) is 5.40. The molecular formula is C15H24FNS. The van der Waals surface area contributed by atoms with Crippen molar-refractivity contribution in [1.29, 1.82) is 0 Å². The van der Waals surface area contributed by atoms with Crippen molar-refractivity contribution in [1.82, 2.24) is 5.32 Å². The van der Waals surface area contributed by atoms with Crippen molar-refractivity contribution in [2.24, 2.45) is 5.92 Å². The van der Waals surface area contributed by atoms with Crippen LogP contribution in [0.3, 0.4) is 0 Å². The maximum Gasteiger partial charge on any atom is 0.137 e. The highest BCUT2D eigenvalue weighted by Crippen LogP contribution is 2.28. The van der Waals surface area contributed by atoms with E-state index in [1.807, 2.05) is 12.1 Å². The van der Waals surface area contributed by atoms with Crippen molar-refractivity contribution in [2.45, 2.75) is 50.8 Å². The number of rotatable bonds is 7. The molecule has 0 aliphatic rings. The fourth-order valence-electron chi connectivity index (χ4n) is 1.56. The Hall–Kier alpha value is -0.540. The van der Waals surface area contributed by atoms with Gasteiger partial charge in [0.2, 0.25) is 0 Å². The molecule has 1 nitrogen and oxygen atoms in total. The zero-order valence-corrected chi connectivity index (χ0v) is 12.6. The molecule has 0 radical (unpaired) electrons. The van der Waals surface area contributed by atoms with Crippen LogP contribution in [-0.2, 0) is 6.54 Å². The third-order valence-electron chi connectivity index (χ3n) is 2.78. The van der Waals surface area contributed by atoms with Crippen LogP contribution >= 0.6 is 11.8 Å². The first-order valence-corrected chi connectivity index (χ1v) is 7.56. The van der Waals surface area contributed by atoms with Crippen LogP contribution in [0.4, 0.5) is 4.39 Å². The second kappa shape index (κ2) is 7.80. The van der Waals surface area contributed by atoms with E-state index in [1.54, 1.807) is 17.8 Å². The quantitative estimate of drug-likeness (QED) is 0.733. The summed E-state index contributed by atoms with van der Waals surface area (Å²) in [6, 6.07) is 5.57. The van der Waals surface area contributed by atoms with Gasteiger partial charge in [0, 0.05) is 16.7 Å². The Morgan fingerprint density at radius 3 is 2.56 bits per heavy atom. The summed E-state index contributed by atoms with van der Waals surface area (Å²) in [5.41, 5.74) is 1.02. The molecule has 1 rings (SSSR count). The Labute approximate surface area is 115 Å². The Kier molecular flexibility index (Phi) is 6.72. The van der Waals surface area contributed by atoms with Gasteiger partial charge in [-0.15, -0.1) is 11.8 Å². The minimum atomic E-state index is -0.0934. The molecule has 102 valence electrons. The molecule has 1 aromatic carbocycles. The van der Waals surface area contributed by atoms with Crippen molar-refractivity contribution < 1.29 is 4.39 Å².